The average Bonchev–Trinajstić information content (AvgIpc) is 2.64. The zero-order valence-electron chi connectivity index (χ0n) is 20.6. The quantitative estimate of drug-likeness (QED) is 0.437. The van der Waals surface area contributed by atoms with Crippen LogP contribution in [0.4, 0.5) is 0 Å². The van der Waals surface area contributed by atoms with Crippen molar-refractivity contribution in [3.63, 3.8) is 0 Å². The minimum Gasteiger partial charge on any atom is -0.507 e. The highest BCUT2D eigenvalue weighted by molar-refractivity contribution is 7.48. The number of hydrogen-bond acceptors (Lipinski definition) is 2. The van der Waals surface area contributed by atoms with Gasteiger partial charge in [-0.15, -0.1) is 0 Å². The first kappa shape index (κ1) is 24.9. The molecule has 0 aliphatic heterocycles. The van der Waals surface area contributed by atoms with Crippen LogP contribution in [-0.4, -0.2) is 22.1 Å². The normalized spacial score (nSPS) is 14.4. The van der Waals surface area contributed by atoms with Gasteiger partial charge < -0.3 is 5.11 Å². The Kier molecular flexibility index (Phi) is 8.54. The second kappa shape index (κ2) is 10.3. The van der Waals surface area contributed by atoms with Crippen molar-refractivity contribution in [1.29, 1.82) is 0 Å². The van der Waals surface area contributed by atoms with E-state index in [1.807, 2.05) is 6.92 Å². The van der Waals surface area contributed by atoms with Crippen LogP contribution in [0, 0.1) is 20.8 Å². The summed E-state index contributed by atoms with van der Waals surface area (Å²) in [5.74, 6) is 0.477. The van der Waals surface area contributed by atoms with Crippen molar-refractivity contribution in [3.05, 3.63) is 58.1 Å². The Hall–Kier alpha value is -1.37. The van der Waals surface area contributed by atoms with Crippen LogP contribution < -0.4 is 5.30 Å². The highest BCUT2D eigenvalue weighted by Crippen LogP contribution is 2.49. The number of benzene rings is 2. The van der Waals surface area contributed by atoms with Crippen LogP contribution in [0.3, 0.4) is 0 Å². The summed E-state index contributed by atoms with van der Waals surface area (Å²) in [4.78, 5) is 2.56. The molecule has 0 fully saturated rings. The van der Waals surface area contributed by atoms with Crippen LogP contribution in [0.1, 0.15) is 82.2 Å². The lowest BCUT2D eigenvalue weighted by Crippen LogP contribution is -2.37. The molecule has 1 N–H and O–H groups in total. The predicted molar refractivity (Wildman–Crippen MR) is 135 cm³/mol. The lowest BCUT2D eigenvalue weighted by atomic mass is 9.91. The summed E-state index contributed by atoms with van der Waals surface area (Å²) in [6.07, 6.45) is 2.16. The SMILES string of the molecule is CCCC(C)(Pc1c(C)cccc1CN(C(C)C)C(C)C)c1cc(C)cc(C)c1O. The van der Waals surface area contributed by atoms with E-state index in [-0.39, 0.29) is 5.16 Å². The zero-order chi connectivity index (χ0) is 22.6. The topological polar surface area (TPSA) is 23.5 Å². The maximum atomic E-state index is 11.0. The molecule has 2 rings (SSSR count). The molecule has 2 aromatic rings. The van der Waals surface area contributed by atoms with Crippen molar-refractivity contribution in [2.24, 2.45) is 0 Å². The van der Waals surface area contributed by atoms with Crippen LogP contribution in [0.5, 0.6) is 5.75 Å². The van der Waals surface area contributed by atoms with E-state index in [1.165, 1.54) is 22.0 Å². The van der Waals surface area contributed by atoms with Gasteiger partial charge in [0, 0.05) is 29.3 Å². The Bertz CT molecular complexity index is 850. The smallest absolute Gasteiger partial charge is 0.122 e. The number of rotatable bonds is 9. The molecular weight excluding hydrogens is 385 g/mol. The third kappa shape index (κ3) is 5.65. The summed E-state index contributed by atoms with van der Waals surface area (Å²) in [5.41, 5.74) is 6.11. The van der Waals surface area contributed by atoms with Gasteiger partial charge in [0.1, 0.15) is 5.75 Å². The van der Waals surface area contributed by atoms with Gasteiger partial charge in [0.25, 0.3) is 0 Å². The van der Waals surface area contributed by atoms with Gasteiger partial charge in [0.2, 0.25) is 0 Å². The third-order valence-corrected chi connectivity index (χ3v) is 8.27. The van der Waals surface area contributed by atoms with E-state index in [1.54, 1.807) is 0 Å². The van der Waals surface area contributed by atoms with E-state index < -0.39 is 0 Å². The maximum absolute atomic E-state index is 11.0. The van der Waals surface area contributed by atoms with Crippen molar-refractivity contribution in [2.45, 2.75) is 98.9 Å². The molecule has 0 saturated carbocycles. The first-order chi connectivity index (χ1) is 14.0. The van der Waals surface area contributed by atoms with Gasteiger partial charge in [-0.25, -0.2) is 0 Å². The molecule has 0 aromatic heterocycles. The molecule has 0 spiro atoms. The monoisotopic (exact) mass is 427 g/mol. The standard InChI is InChI=1S/C27H42NOP/c1-10-14-27(9,24-16-20(6)15-22(8)25(24)29)30-26-21(7)12-11-13-23(26)17-28(18(2)3)19(4)5/h11-13,15-16,18-19,29-30H,10,14,17H2,1-9H3. The average molecular weight is 428 g/mol. The van der Waals surface area contributed by atoms with E-state index in [0.29, 0.717) is 26.4 Å². The zero-order valence-corrected chi connectivity index (χ0v) is 21.6. The molecule has 0 aliphatic carbocycles. The number of nitrogens with zero attached hydrogens (tertiary/aromatic N) is 1. The van der Waals surface area contributed by atoms with Gasteiger partial charge in [0.15, 0.2) is 0 Å². The minimum absolute atomic E-state index is 0.0725. The van der Waals surface area contributed by atoms with E-state index in [2.05, 4.69) is 90.6 Å². The van der Waals surface area contributed by atoms with Crippen molar-refractivity contribution in [1.82, 2.24) is 4.90 Å². The Labute approximate surface area is 186 Å². The summed E-state index contributed by atoms with van der Waals surface area (Å²) in [6, 6.07) is 12.0. The first-order valence-corrected chi connectivity index (χ1v) is 12.4. The summed E-state index contributed by atoms with van der Waals surface area (Å²) in [7, 11) is 0.620. The molecule has 3 heteroatoms. The molecule has 2 atom stereocenters. The van der Waals surface area contributed by atoms with Crippen molar-refractivity contribution in [2.75, 3.05) is 0 Å². The summed E-state index contributed by atoms with van der Waals surface area (Å²) in [5, 5.41) is 12.4. The van der Waals surface area contributed by atoms with Gasteiger partial charge in [-0.3, -0.25) is 4.90 Å². The lowest BCUT2D eigenvalue weighted by molar-refractivity contribution is 0.166. The van der Waals surface area contributed by atoms with Crippen LogP contribution in [0.2, 0.25) is 0 Å². The number of aryl methyl sites for hydroxylation is 3. The van der Waals surface area contributed by atoms with Gasteiger partial charge in [0.05, 0.1) is 0 Å². The molecule has 2 unspecified atom stereocenters. The Morgan fingerprint density at radius 2 is 1.63 bits per heavy atom. The predicted octanol–water partition coefficient (Wildman–Crippen LogP) is 6.96. The Morgan fingerprint density at radius 1 is 1.00 bits per heavy atom. The van der Waals surface area contributed by atoms with Crippen molar-refractivity contribution >= 4 is 13.9 Å². The third-order valence-electron chi connectivity index (χ3n) is 6.23. The Morgan fingerprint density at radius 3 is 2.20 bits per heavy atom. The van der Waals surface area contributed by atoms with Gasteiger partial charge in [-0.05, 0) is 76.9 Å². The highest BCUT2D eigenvalue weighted by Gasteiger charge is 2.31. The molecule has 2 aromatic carbocycles. The number of phenolic OH excluding ortho intramolecular Hbond substituents is 1. The molecule has 0 heterocycles. The molecule has 166 valence electrons. The van der Waals surface area contributed by atoms with Gasteiger partial charge >= 0.3 is 0 Å². The van der Waals surface area contributed by atoms with Crippen LogP contribution in [0.15, 0.2) is 30.3 Å². The summed E-state index contributed by atoms with van der Waals surface area (Å²) < 4.78 is 0. The van der Waals surface area contributed by atoms with Crippen molar-refractivity contribution in [3.8, 4) is 5.75 Å². The minimum atomic E-state index is -0.0725. The fourth-order valence-electron chi connectivity index (χ4n) is 4.62. The van der Waals surface area contributed by atoms with E-state index in [0.717, 1.165) is 30.5 Å². The Balaban J connectivity index is 2.55. The molecule has 0 saturated heterocycles. The fraction of sp³-hybridized carbons (Fsp3) is 0.556. The number of phenols is 1. The van der Waals surface area contributed by atoms with Gasteiger partial charge in [-0.2, -0.15) is 0 Å². The number of aromatic hydroxyl groups is 1. The first-order valence-electron chi connectivity index (χ1n) is 11.4. The molecule has 2 nitrogen and oxygen atoms in total. The highest BCUT2D eigenvalue weighted by atomic mass is 31.1. The second-order valence-corrected chi connectivity index (χ2v) is 11.5. The fourth-order valence-corrected chi connectivity index (χ4v) is 6.47. The van der Waals surface area contributed by atoms with Crippen LogP contribution in [-0.2, 0) is 11.7 Å². The second-order valence-electron chi connectivity index (χ2n) is 9.65. The largest absolute Gasteiger partial charge is 0.507 e. The molecule has 0 radical (unpaired) electrons. The molecule has 0 aliphatic rings. The molecule has 30 heavy (non-hydrogen) atoms. The lowest BCUT2D eigenvalue weighted by Gasteiger charge is -2.35. The van der Waals surface area contributed by atoms with E-state index in [4.69, 9.17) is 0 Å². The van der Waals surface area contributed by atoms with Crippen LogP contribution in [0.25, 0.3) is 0 Å². The summed E-state index contributed by atoms with van der Waals surface area (Å²) in [6.45, 7) is 21.1. The molecule has 0 amide bonds. The number of hydrogen-bond donors (Lipinski definition) is 1. The molecule has 0 bridgehead atoms. The molecular formula is C27H42NOP. The van der Waals surface area contributed by atoms with E-state index >= 15 is 0 Å². The van der Waals surface area contributed by atoms with Gasteiger partial charge in [-0.1, -0.05) is 64.7 Å². The van der Waals surface area contributed by atoms with Crippen molar-refractivity contribution < 1.29 is 5.11 Å². The maximum Gasteiger partial charge on any atom is 0.122 e. The van der Waals surface area contributed by atoms with E-state index in [9.17, 15) is 5.11 Å². The summed E-state index contributed by atoms with van der Waals surface area (Å²) >= 11 is 0. The van der Waals surface area contributed by atoms with Crippen LogP contribution >= 0.6 is 8.58 Å².